The lowest BCUT2D eigenvalue weighted by Gasteiger charge is -1.97. The summed E-state index contributed by atoms with van der Waals surface area (Å²) in [6.45, 7) is 1.03. The third kappa shape index (κ3) is 9.03. The molecule has 0 aliphatic carbocycles. The minimum absolute atomic E-state index is 0.488. The Morgan fingerprint density at radius 3 is 2.64 bits per heavy atom. The SMILES string of the molecule is C#CCCCCCCOC=O. The Morgan fingerprint density at radius 1 is 1.27 bits per heavy atom. The summed E-state index contributed by atoms with van der Waals surface area (Å²) in [7, 11) is 0. The van der Waals surface area contributed by atoms with Crippen LogP contribution in [0.15, 0.2) is 0 Å². The maximum absolute atomic E-state index is 9.69. The second kappa shape index (κ2) is 9.03. The average molecular weight is 154 g/mol. The van der Waals surface area contributed by atoms with Crippen molar-refractivity contribution in [2.45, 2.75) is 32.1 Å². The summed E-state index contributed by atoms with van der Waals surface area (Å²) in [5, 5.41) is 0. The molecule has 0 saturated carbocycles. The molecule has 11 heavy (non-hydrogen) atoms. The molecule has 0 N–H and O–H groups in total. The topological polar surface area (TPSA) is 26.3 Å². The lowest BCUT2D eigenvalue weighted by atomic mass is 10.1. The molecule has 0 aliphatic rings. The maximum atomic E-state index is 9.69. The molecule has 0 amide bonds. The van der Waals surface area contributed by atoms with Crippen molar-refractivity contribution >= 4 is 6.47 Å². The standard InChI is InChI=1S/C9H14O2/c1-2-3-4-5-6-7-8-11-9-10/h1,9H,3-8H2. The number of hydrogen-bond acceptors (Lipinski definition) is 2. The Hall–Kier alpha value is -0.970. The van der Waals surface area contributed by atoms with E-state index in [1.54, 1.807) is 0 Å². The van der Waals surface area contributed by atoms with Gasteiger partial charge < -0.3 is 4.74 Å². The zero-order valence-electron chi connectivity index (χ0n) is 6.71. The molecule has 0 aromatic rings. The Balaban J connectivity index is 2.80. The highest BCUT2D eigenvalue weighted by Gasteiger charge is 1.88. The van der Waals surface area contributed by atoms with E-state index in [1.165, 1.54) is 0 Å². The second-order valence-electron chi connectivity index (χ2n) is 2.34. The predicted octanol–water partition coefficient (Wildman–Crippen LogP) is 1.74. The van der Waals surface area contributed by atoms with Crippen LogP contribution < -0.4 is 0 Å². The van der Waals surface area contributed by atoms with Gasteiger partial charge in [0.1, 0.15) is 0 Å². The predicted molar refractivity (Wildman–Crippen MR) is 43.9 cm³/mol. The molecule has 0 aromatic carbocycles. The maximum Gasteiger partial charge on any atom is 0.293 e. The smallest absolute Gasteiger partial charge is 0.293 e. The first-order valence-corrected chi connectivity index (χ1v) is 3.90. The molecule has 0 radical (unpaired) electrons. The van der Waals surface area contributed by atoms with Crippen LogP contribution in [-0.4, -0.2) is 13.1 Å². The Kier molecular flexibility index (Phi) is 8.23. The summed E-state index contributed by atoms with van der Waals surface area (Å²) in [5.41, 5.74) is 0. The lowest BCUT2D eigenvalue weighted by molar-refractivity contribution is -0.128. The number of terminal acetylenes is 1. The Morgan fingerprint density at radius 2 is 2.00 bits per heavy atom. The van der Waals surface area contributed by atoms with Crippen LogP contribution in [0.4, 0.5) is 0 Å². The summed E-state index contributed by atoms with van der Waals surface area (Å²) >= 11 is 0. The molecule has 2 nitrogen and oxygen atoms in total. The van der Waals surface area contributed by atoms with Crippen LogP contribution in [0.1, 0.15) is 32.1 Å². The quantitative estimate of drug-likeness (QED) is 0.317. The van der Waals surface area contributed by atoms with E-state index in [-0.39, 0.29) is 0 Å². The number of ether oxygens (including phenoxy) is 1. The van der Waals surface area contributed by atoms with Crippen LogP contribution in [0.25, 0.3) is 0 Å². The molecule has 0 aromatic heterocycles. The molecule has 2 heteroatoms. The molecule has 0 saturated heterocycles. The van der Waals surface area contributed by atoms with Gasteiger partial charge >= 0.3 is 0 Å². The summed E-state index contributed by atoms with van der Waals surface area (Å²) in [6, 6.07) is 0. The van der Waals surface area contributed by atoms with Gasteiger partial charge in [0.05, 0.1) is 6.61 Å². The van der Waals surface area contributed by atoms with Gasteiger partial charge in [0, 0.05) is 6.42 Å². The van der Waals surface area contributed by atoms with Crippen LogP contribution in [-0.2, 0) is 9.53 Å². The average Bonchev–Trinajstić information content (AvgIpc) is 2.03. The van der Waals surface area contributed by atoms with Gasteiger partial charge in [0.2, 0.25) is 0 Å². The van der Waals surface area contributed by atoms with Crippen molar-refractivity contribution < 1.29 is 9.53 Å². The molecule has 0 unspecified atom stereocenters. The van der Waals surface area contributed by atoms with Gasteiger partial charge in [-0.15, -0.1) is 12.3 Å². The van der Waals surface area contributed by atoms with Crippen molar-refractivity contribution in [3.8, 4) is 12.3 Å². The van der Waals surface area contributed by atoms with E-state index >= 15 is 0 Å². The molecule has 0 rings (SSSR count). The molecule has 0 spiro atoms. The van der Waals surface area contributed by atoms with E-state index in [9.17, 15) is 4.79 Å². The zero-order chi connectivity index (χ0) is 8.36. The fraction of sp³-hybridized carbons (Fsp3) is 0.667. The minimum Gasteiger partial charge on any atom is -0.468 e. The van der Waals surface area contributed by atoms with E-state index in [4.69, 9.17) is 6.42 Å². The first-order valence-electron chi connectivity index (χ1n) is 3.90. The third-order valence-corrected chi connectivity index (χ3v) is 1.40. The van der Waals surface area contributed by atoms with Crippen LogP contribution in [0.5, 0.6) is 0 Å². The van der Waals surface area contributed by atoms with Gasteiger partial charge in [0.15, 0.2) is 0 Å². The van der Waals surface area contributed by atoms with Crippen molar-refractivity contribution in [2.75, 3.05) is 6.61 Å². The van der Waals surface area contributed by atoms with Crippen LogP contribution in [0.2, 0.25) is 0 Å². The van der Waals surface area contributed by atoms with Gasteiger partial charge in [-0.2, -0.15) is 0 Å². The van der Waals surface area contributed by atoms with Crippen LogP contribution in [0.3, 0.4) is 0 Å². The van der Waals surface area contributed by atoms with Crippen molar-refractivity contribution in [1.82, 2.24) is 0 Å². The van der Waals surface area contributed by atoms with Crippen LogP contribution >= 0.6 is 0 Å². The van der Waals surface area contributed by atoms with Gasteiger partial charge in [-0.25, -0.2) is 0 Å². The van der Waals surface area contributed by atoms with Gasteiger partial charge in [0.25, 0.3) is 6.47 Å². The number of hydrogen-bond donors (Lipinski definition) is 0. The van der Waals surface area contributed by atoms with E-state index in [0.29, 0.717) is 13.1 Å². The summed E-state index contributed by atoms with van der Waals surface area (Å²) < 4.78 is 4.52. The molecular formula is C9H14O2. The largest absolute Gasteiger partial charge is 0.468 e. The van der Waals surface area contributed by atoms with Crippen molar-refractivity contribution in [3.63, 3.8) is 0 Å². The monoisotopic (exact) mass is 154 g/mol. The molecule has 62 valence electrons. The lowest BCUT2D eigenvalue weighted by Crippen LogP contribution is -1.90. The van der Waals surface area contributed by atoms with E-state index in [1.807, 2.05) is 0 Å². The molecule has 0 aliphatic heterocycles. The van der Waals surface area contributed by atoms with Crippen LogP contribution in [0, 0.1) is 12.3 Å². The fourth-order valence-electron chi connectivity index (χ4n) is 0.814. The Bertz CT molecular complexity index is 124. The van der Waals surface area contributed by atoms with Gasteiger partial charge in [-0.3, -0.25) is 4.79 Å². The van der Waals surface area contributed by atoms with Crippen molar-refractivity contribution in [2.24, 2.45) is 0 Å². The Labute approximate surface area is 67.9 Å². The van der Waals surface area contributed by atoms with Crippen molar-refractivity contribution in [3.05, 3.63) is 0 Å². The van der Waals surface area contributed by atoms with E-state index < -0.39 is 0 Å². The number of carbonyl (C=O) groups is 1. The normalized spacial score (nSPS) is 8.64. The highest BCUT2D eigenvalue weighted by atomic mass is 16.5. The van der Waals surface area contributed by atoms with E-state index in [2.05, 4.69) is 10.7 Å². The first kappa shape index (κ1) is 10.0. The third-order valence-electron chi connectivity index (χ3n) is 1.40. The molecule has 0 fully saturated rings. The van der Waals surface area contributed by atoms with Gasteiger partial charge in [-0.1, -0.05) is 12.8 Å². The highest BCUT2D eigenvalue weighted by Crippen LogP contribution is 2.01. The molecule has 0 atom stereocenters. The number of rotatable bonds is 7. The fourth-order valence-corrected chi connectivity index (χ4v) is 0.814. The first-order chi connectivity index (χ1) is 5.41. The second-order valence-corrected chi connectivity index (χ2v) is 2.34. The number of carbonyl (C=O) groups excluding carboxylic acids is 1. The minimum atomic E-state index is 0.488. The summed E-state index contributed by atoms with van der Waals surface area (Å²) in [4.78, 5) is 9.69. The molecule has 0 bridgehead atoms. The number of unbranched alkanes of at least 4 members (excludes halogenated alkanes) is 4. The summed E-state index contributed by atoms with van der Waals surface area (Å²) in [5.74, 6) is 2.58. The van der Waals surface area contributed by atoms with Gasteiger partial charge in [-0.05, 0) is 12.8 Å². The van der Waals surface area contributed by atoms with E-state index in [0.717, 1.165) is 32.1 Å². The molecule has 0 heterocycles. The highest BCUT2D eigenvalue weighted by molar-refractivity contribution is 5.36. The summed E-state index contributed by atoms with van der Waals surface area (Å²) in [6.07, 6.45) is 10.2. The van der Waals surface area contributed by atoms with Crippen molar-refractivity contribution in [1.29, 1.82) is 0 Å². The zero-order valence-corrected chi connectivity index (χ0v) is 6.71. The molecular weight excluding hydrogens is 140 g/mol.